The second kappa shape index (κ2) is 8.52. The molecule has 130 valence electrons. The molecule has 0 bridgehead atoms. The van der Waals surface area contributed by atoms with Crippen molar-refractivity contribution in [2.75, 3.05) is 0 Å². The zero-order valence-corrected chi connectivity index (χ0v) is 14.7. The molecule has 0 spiro atoms. The number of hydrogen-bond acceptors (Lipinski definition) is 2. The van der Waals surface area contributed by atoms with Gasteiger partial charge in [0.25, 0.3) is 0 Å². The SMILES string of the molecule is CCC[C@H]1C=CC[C@H](c2ccccc2)N1C(=O)OCc1ccccc1. The van der Waals surface area contributed by atoms with Crippen LogP contribution in [0.15, 0.2) is 72.8 Å². The Bertz CT molecular complexity index is 696. The predicted octanol–water partition coefficient (Wildman–Crippen LogP) is 5.50. The van der Waals surface area contributed by atoms with Crippen molar-refractivity contribution in [2.24, 2.45) is 0 Å². The van der Waals surface area contributed by atoms with Crippen LogP contribution in [0.2, 0.25) is 0 Å². The number of carbonyl (C=O) groups excluding carboxylic acids is 1. The minimum Gasteiger partial charge on any atom is -0.445 e. The molecule has 0 aromatic heterocycles. The van der Waals surface area contributed by atoms with Crippen LogP contribution in [0.25, 0.3) is 0 Å². The molecule has 0 unspecified atom stereocenters. The Kier molecular flexibility index (Phi) is 5.89. The molecule has 0 radical (unpaired) electrons. The third-order valence-electron chi connectivity index (χ3n) is 4.60. The summed E-state index contributed by atoms with van der Waals surface area (Å²) < 4.78 is 5.65. The molecule has 3 heteroatoms. The predicted molar refractivity (Wildman–Crippen MR) is 100 cm³/mol. The average molecular weight is 335 g/mol. The highest BCUT2D eigenvalue weighted by atomic mass is 16.6. The summed E-state index contributed by atoms with van der Waals surface area (Å²) in [6.07, 6.45) is 6.90. The molecule has 1 aliphatic rings. The smallest absolute Gasteiger partial charge is 0.411 e. The molecule has 3 nitrogen and oxygen atoms in total. The first kappa shape index (κ1) is 17.3. The Hall–Kier alpha value is -2.55. The summed E-state index contributed by atoms with van der Waals surface area (Å²) in [6.45, 7) is 2.45. The van der Waals surface area contributed by atoms with Gasteiger partial charge in [-0.05, 0) is 24.0 Å². The maximum Gasteiger partial charge on any atom is 0.411 e. The van der Waals surface area contributed by atoms with Crippen LogP contribution in [0, 0.1) is 0 Å². The van der Waals surface area contributed by atoms with E-state index < -0.39 is 0 Å². The Morgan fingerprint density at radius 1 is 1.08 bits per heavy atom. The van der Waals surface area contributed by atoms with Crippen molar-refractivity contribution in [3.05, 3.63) is 83.9 Å². The molecule has 1 aliphatic heterocycles. The fraction of sp³-hybridized carbons (Fsp3) is 0.318. The Morgan fingerprint density at radius 2 is 1.76 bits per heavy atom. The number of amides is 1. The van der Waals surface area contributed by atoms with Crippen LogP contribution < -0.4 is 0 Å². The maximum absolute atomic E-state index is 12.9. The van der Waals surface area contributed by atoms with Gasteiger partial charge < -0.3 is 4.74 Å². The third kappa shape index (κ3) is 4.30. The van der Waals surface area contributed by atoms with Gasteiger partial charge in [-0.1, -0.05) is 86.2 Å². The normalized spacial score (nSPS) is 19.6. The zero-order valence-electron chi connectivity index (χ0n) is 14.7. The summed E-state index contributed by atoms with van der Waals surface area (Å²) in [5.41, 5.74) is 2.16. The summed E-state index contributed by atoms with van der Waals surface area (Å²) >= 11 is 0. The average Bonchev–Trinajstić information content (AvgIpc) is 2.68. The molecular weight excluding hydrogens is 310 g/mol. The lowest BCUT2D eigenvalue weighted by Gasteiger charge is -2.38. The van der Waals surface area contributed by atoms with Crippen LogP contribution in [0.5, 0.6) is 0 Å². The van der Waals surface area contributed by atoms with Crippen molar-refractivity contribution in [1.82, 2.24) is 4.90 Å². The minimum absolute atomic E-state index is 0.0334. The molecule has 0 saturated heterocycles. The molecule has 0 saturated carbocycles. The standard InChI is InChI=1S/C22H25NO2/c1-2-10-20-15-9-16-21(19-13-7-4-8-14-19)23(20)22(24)25-17-18-11-5-3-6-12-18/h3-9,11-15,20-21H,2,10,16-17H2,1H3/t20-,21+/m0/s1. The number of nitrogens with zero attached hydrogens (tertiary/aromatic N) is 1. The molecular formula is C22H25NO2. The minimum atomic E-state index is -0.236. The van der Waals surface area contributed by atoms with Gasteiger partial charge in [0.2, 0.25) is 0 Å². The molecule has 1 heterocycles. The van der Waals surface area contributed by atoms with Crippen molar-refractivity contribution >= 4 is 6.09 Å². The number of carbonyl (C=O) groups is 1. The fourth-order valence-corrected chi connectivity index (χ4v) is 3.36. The third-order valence-corrected chi connectivity index (χ3v) is 4.60. The molecule has 2 atom stereocenters. The van der Waals surface area contributed by atoms with Gasteiger partial charge in [-0.2, -0.15) is 0 Å². The first-order valence-corrected chi connectivity index (χ1v) is 9.00. The lowest BCUT2D eigenvalue weighted by Crippen LogP contribution is -2.44. The Labute approximate surface area is 149 Å². The van der Waals surface area contributed by atoms with Crippen molar-refractivity contribution in [3.8, 4) is 0 Å². The second-order valence-corrected chi connectivity index (χ2v) is 6.39. The summed E-state index contributed by atoms with van der Waals surface area (Å²) in [6, 6.07) is 20.2. The van der Waals surface area contributed by atoms with E-state index in [4.69, 9.17) is 4.74 Å². The summed E-state index contributed by atoms with van der Waals surface area (Å²) in [5.74, 6) is 0. The second-order valence-electron chi connectivity index (χ2n) is 6.39. The summed E-state index contributed by atoms with van der Waals surface area (Å²) in [7, 11) is 0. The van der Waals surface area contributed by atoms with E-state index in [1.165, 1.54) is 0 Å². The highest BCUT2D eigenvalue weighted by Gasteiger charge is 2.33. The van der Waals surface area contributed by atoms with E-state index in [9.17, 15) is 4.79 Å². The number of benzene rings is 2. The van der Waals surface area contributed by atoms with E-state index in [0.717, 1.165) is 30.4 Å². The van der Waals surface area contributed by atoms with Gasteiger partial charge in [-0.25, -0.2) is 4.79 Å². The fourth-order valence-electron chi connectivity index (χ4n) is 3.36. The summed E-state index contributed by atoms with van der Waals surface area (Å²) in [5, 5.41) is 0. The van der Waals surface area contributed by atoms with Crippen LogP contribution >= 0.6 is 0 Å². The highest BCUT2D eigenvalue weighted by molar-refractivity contribution is 5.69. The van der Waals surface area contributed by atoms with Gasteiger partial charge in [0.1, 0.15) is 6.61 Å². The van der Waals surface area contributed by atoms with Crippen LogP contribution in [0.4, 0.5) is 4.79 Å². The largest absolute Gasteiger partial charge is 0.445 e. The van der Waals surface area contributed by atoms with Crippen LogP contribution in [0.3, 0.4) is 0 Å². The quantitative estimate of drug-likeness (QED) is 0.676. The molecule has 3 rings (SSSR count). The van der Waals surface area contributed by atoms with Gasteiger partial charge in [0.05, 0.1) is 12.1 Å². The number of hydrogen-bond donors (Lipinski definition) is 0. The van der Waals surface area contributed by atoms with Gasteiger partial charge in [-0.3, -0.25) is 4.90 Å². The monoisotopic (exact) mass is 335 g/mol. The topological polar surface area (TPSA) is 29.5 Å². The molecule has 0 fully saturated rings. The van der Waals surface area contributed by atoms with Crippen molar-refractivity contribution in [3.63, 3.8) is 0 Å². The van der Waals surface area contributed by atoms with Crippen LogP contribution in [-0.4, -0.2) is 17.0 Å². The van der Waals surface area contributed by atoms with Crippen LogP contribution in [-0.2, 0) is 11.3 Å². The first-order chi connectivity index (χ1) is 12.3. The number of ether oxygens (including phenoxy) is 1. The molecule has 2 aromatic rings. The lowest BCUT2D eigenvalue weighted by atomic mass is 9.94. The Morgan fingerprint density at radius 3 is 2.44 bits per heavy atom. The maximum atomic E-state index is 12.9. The zero-order chi connectivity index (χ0) is 17.5. The van der Waals surface area contributed by atoms with E-state index in [0.29, 0.717) is 6.61 Å². The van der Waals surface area contributed by atoms with Gasteiger partial charge in [-0.15, -0.1) is 0 Å². The first-order valence-electron chi connectivity index (χ1n) is 9.00. The van der Waals surface area contributed by atoms with E-state index in [2.05, 4.69) is 31.2 Å². The highest BCUT2D eigenvalue weighted by Crippen LogP contribution is 2.33. The van der Waals surface area contributed by atoms with E-state index in [1.54, 1.807) is 0 Å². The molecule has 25 heavy (non-hydrogen) atoms. The van der Waals surface area contributed by atoms with Crippen LogP contribution in [0.1, 0.15) is 43.4 Å². The van der Waals surface area contributed by atoms with E-state index >= 15 is 0 Å². The van der Waals surface area contributed by atoms with Gasteiger partial charge >= 0.3 is 6.09 Å². The molecule has 1 amide bonds. The molecule has 2 aromatic carbocycles. The summed E-state index contributed by atoms with van der Waals surface area (Å²) in [4.78, 5) is 14.8. The van der Waals surface area contributed by atoms with Gasteiger partial charge in [0.15, 0.2) is 0 Å². The van der Waals surface area contributed by atoms with E-state index in [-0.39, 0.29) is 18.2 Å². The van der Waals surface area contributed by atoms with Crippen molar-refractivity contribution < 1.29 is 9.53 Å². The lowest BCUT2D eigenvalue weighted by molar-refractivity contribution is 0.0642. The Balaban J connectivity index is 1.78. The molecule has 0 aliphatic carbocycles. The van der Waals surface area contributed by atoms with Crippen molar-refractivity contribution in [2.45, 2.75) is 44.9 Å². The molecule has 0 N–H and O–H groups in total. The van der Waals surface area contributed by atoms with E-state index in [1.807, 2.05) is 53.4 Å². The number of rotatable bonds is 5. The van der Waals surface area contributed by atoms with Crippen molar-refractivity contribution in [1.29, 1.82) is 0 Å². The van der Waals surface area contributed by atoms with Gasteiger partial charge in [0, 0.05) is 0 Å².